The zero-order chi connectivity index (χ0) is 16.7. The van der Waals surface area contributed by atoms with E-state index in [4.69, 9.17) is 11.6 Å². The Labute approximate surface area is 133 Å². The molecule has 0 unspecified atom stereocenters. The second kappa shape index (κ2) is 5.73. The number of benzene rings is 1. The Bertz CT molecular complexity index is 841. The van der Waals surface area contributed by atoms with Crippen molar-refractivity contribution in [2.24, 2.45) is 0 Å². The van der Waals surface area contributed by atoms with Crippen LogP contribution in [0, 0.1) is 0 Å². The standard InChI is InChI=1S/C14H15ClN2O4S/c1-8(2)17-14(19)11(7-16-17)13(18)10-5-4-9(6-12(10)15)22(3,20)21/h4-8,19H,1-3H3. The molecular formula is C14H15ClN2O4S. The fraction of sp³-hybridized carbons (Fsp3) is 0.286. The molecule has 0 aliphatic heterocycles. The Morgan fingerprint density at radius 2 is 1.95 bits per heavy atom. The smallest absolute Gasteiger partial charge is 0.221 e. The highest BCUT2D eigenvalue weighted by molar-refractivity contribution is 7.90. The van der Waals surface area contributed by atoms with Crippen LogP contribution in [-0.2, 0) is 9.84 Å². The van der Waals surface area contributed by atoms with Gasteiger partial charge in [0.05, 0.1) is 22.2 Å². The van der Waals surface area contributed by atoms with Crippen molar-refractivity contribution in [2.75, 3.05) is 6.26 Å². The van der Waals surface area contributed by atoms with Crippen LogP contribution >= 0.6 is 11.6 Å². The summed E-state index contributed by atoms with van der Waals surface area (Å²) in [7, 11) is -3.41. The molecule has 0 saturated carbocycles. The molecule has 8 heteroatoms. The van der Waals surface area contributed by atoms with Crippen molar-refractivity contribution in [3.63, 3.8) is 0 Å². The third kappa shape index (κ3) is 3.00. The van der Waals surface area contributed by atoms with Crippen LogP contribution in [-0.4, -0.2) is 35.3 Å². The number of halogens is 1. The average molecular weight is 343 g/mol. The number of rotatable bonds is 4. The number of hydrogen-bond acceptors (Lipinski definition) is 5. The quantitative estimate of drug-likeness (QED) is 0.862. The van der Waals surface area contributed by atoms with Crippen LogP contribution in [0.3, 0.4) is 0 Å². The zero-order valence-corrected chi connectivity index (χ0v) is 13.8. The van der Waals surface area contributed by atoms with Crippen molar-refractivity contribution in [1.29, 1.82) is 0 Å². The van der Waals surface area contributed by atoms with Crippen molar-refractivity contribution in [3.05, 3.63) is 40.5 Å². The first-order valence-corrected chi connectivity index (χ1v) is 8.70. The lowest BCUT2D eigenvalue weighted by atomic mass is 10.1. The van der Waals surface area contributed by atoms with Crippen molar-refractivity contribution in [1.82, 2.24) is 9.78 Å². The summed E-state index contributed by atoms with van der Waals surface area (Å²) in [6, 6.07) is 3.74. The van der Waals surface area contributed by atoms with Crippen LogP contribution in [0.5, 0.6) is 5.88 Å². The maximum Gasteiger partial charge on any atom is 0.221 e. The minimum absolute atomic E-state index is 0.00428. The predicted molar refractivity (Wildman–Crippen MR) is 82.3 cm³/mol. The van der Waals surface area contributed by atoms with Crippen molar-refractivity contribution in [2.45, 2.75) is 24.8 Å². The van der Waals surface area contributed by atoms with Crippen LogP contribution in [0.4, 0.5) is 0 Å². The first-order valence-electron chi connectivity index (χ1n) is 6.43. The largest absolute Gasteiger partial charge is 0.493 e. The fourth-order valence-corrected chi connectivity index (χ4v) is 2.93. The first-order chi connectivity index (χ1) is 10.1. The van der Waals surface area contributed by atoms with Gasteiger partial charge in [0.2, 0.25) is 11.7 Å². The summed E-state index contributed by atoms with van der Waals surface area (Å²) >= 11 is 6.01. The lowest BCUT2D eigenvalue weighted by molar-refractivity contribution is 0.103. The number of aromatic hydroxyl groups is 1. The van der Waals surface area contributed by atoms with E-state index in [-0.39, 0.29) is 33.0 Å². The highest BCUT2D eigenvalue weighted by atomic mass is 35.5. The molecule has 1 heterocycles. The fourth-order valence-electron chi connectivity index (χ4n) is 1.95. The maximum absolute atomic E-state index is 12.4. The van der Waals surface area contributed by atoms with Gasteiger partial charge in [0.1, 0.15) is 5.56 Å². The summed E-state index contributed by atoms with van der Waals surface area (Å²) < 4.78 is 24.3. The van der Waals surface area contributed by atoms with Gasteiger partial charge in [-0.15, -0.1) is 0 Å². The minimum atomic E-state index is -3.41. The number of carbonyl (C=O) groups excluding carboxylic acids is 1. The van der Waals surface area contributed by atoms with Crippen molar-refractivity contribution >= 4 is 27.2 Å². The molecule has 118 valence electrons. The van der Waals surface area contributed by atoms with E-state index in [9.17, 15) is 18.3 Å². The van der Waals surface area contributed by atoms with E-state index >= 15 is 0 Å². The lowest BCUT2D eigenvalue weighted by Gasteiger charge is -2.08. The van der Waals surface area contributed by atoms with E-state index in [2.05, 4.69) is 5.10 Å². The number of ketones is 1. The second-order valence-electron chi connectivity index (χ2n) is 5.16. The highest BCUT2D eigenvalue weighted by Gasteiger charge is 2.22. The SMILES string of the molecule is CC(C)n1ncc(C(=O)c2ccc(S(C)(=O)=O)cc2Cl)c1O. The topological polar surface area (TPSA) is 89.3 Å². The van der Waals surface area contributed by atoms with Gasteiger partial charge >= 0.3 is 0 Å². The molecule has 2 rings (SSSR count). The normalized spacial score (nSPS) is 11.9. The summed E-state index contributed by atoms with van der Waals surface area (Å²) in [4.78, 5) is 12.5. The van der Waals surface area contributed by atoms with Gasteiger partial charge in [0, 0.05) is 11.8 Å². The maximum atomic E-state index is 12.4. The van der Waals surface area contributed by atoms with E-state index in [0.29, 0.717) is 0 Å². The molecule has 0 bridgehead atoms. The number of carbonyl (C=O) groups is 1. The Morgan fingerprint density at radius 1 is 1.32 bits per heavy atom. The average Bonchev–Trinajstić information content (AvgIpc) is 2.78. The molecule has 2 aromatic rings. The summed E-state index contributed by atoms with van der Waals surface area (Å²) in [5.74, 6) is -0.766. The molecule has 1 N–H and O–H groups in total. The van der Waals surface area contributed by atoms with Crippen LogP contribution in [0.15, 0.2) is 29.3 Å². The van der Waals surface area contributed by atoms with Crippen LogP contribution in [0.2, 0.25) is 5.02 Å². The van der Waals surface area contributed by atoms with Crippen LogP contribution in [0.25, 0.3) is 0 Å². The van der Waals surface area contributed by atoms with Crippen LogP contribution in [0.1, 0.15) is 35.8 Å². The summed E-state index contributed by atoms with van der Waals surface area (Å²) in [5.41, 5.74) is 0.121. The molecule has 0 amide bonds. The van der Waals surface area contributed by atoms with E-state index in [0.717, 1.165) is 6.26 Å². The Hall–Kier alpha value is -1.86. The Balaban J connectivity index is 2.47. The zero-order valence-electron chi connectivity index (χ0n) is 12.2. The third-order valence-corrected chi connectivity index (χ3v) is 4.54. The number of sulfone groups is 1. The highest BCUT2D eigenvalue weighted by Crippen LogP contribution is 2.27. The Kier molecular flexibility index (Phi) is 4.30. The van der Waals surface area contributed by atoms with Gasteiger partial charge in [-0.2, -0.15) is 5.10 Å². The van der Waals surface area contributed by atoms with E-state index in [1.807, 2.05) is 13.8 Å². The molecular weight excluding hydrogens is 328 g/mol. The second-order valence-corrected chi connectivity index (χ2v) is 7.59. The summed E-state index contributed by atoms with van der Waals surface area (Å²) in [6.07, 6.45) is 2.32. The molecule has 0 saturated heterocycles. The van der Waals surface area contributed by atoms with E-state index in [1.165, 1.54) is 29.1 Å². The van der Waals surface area contributed by atoms with Gasteiger partial charge in [0.15, 0.2) is 9.84 Å². The summed E-state index contributed by atoms with van der Waals surface area (Å²) in [6.45, 7) is 3.63. The first kappa shape index (κ1) is 16.5. The van der Waals surface area contributed by atoms with Gasteiger partial charge in [-0.05, 0) is 32.0 Å². The molecule has 0 spiro atoms. The molecule has 0 aliphatic rings. The minimum Gasteiger partial charge on any atom is -0.493 e. The van der Waals surface area contributed by atoms with Gasteiger partial charge in [-0.3, -0.25) is 4.79 Å². The van der Waals surface area contributed by atoms with Crippen LogP contribution < -0.4 is 0 Å². The van der Waals surface area contributed by atoms with Gasteiger partial charge in [0.25, 0.3) is 0 Å². The predicted octanol–water partition coefficient (Wildman–Crippen LogP) is 2.46. The third-order valence-electron chi connectivity index (χ3n) is 3.12. The lowest BCUT2D eigenvalue weighted by Crippen LogP contribution is -2.05. The van der Waals surface area contributed by atoms with Gasteiger partial charge < -0.3 is 5.11 Å². The molecule has 1 aromatic carbocycles. The van der Waals surface area contributed by atoms with E-state index < -0.39 is 15.6 Å². The number of nitrogens with zero attached hydrogens (tertiary/aromatic N) is 2. The molecule has 0 radical (unpaired) electrons. The van der Waals surface area contributed by atoms with Gasteiger partial charge in [-0.25, -0.2) is 13.1 Å². The monoisotopic (exact) mass is 342 g/mol. The molecule has 1 aromatic heterocycles. The van der Waals surface area contributed by atoms with Gasteiger partial charge in [-0.1, -0.05) is 11.6 Å². The number of hydrogen-bond donors (Lipinski definition) is 1. The Morgan fingerprint density at radius 3 is 2.41 bits per heavy atom. The molecule has 0 aliphatic carbocycles. The summed E-state index contributed by atoms with van der Waals surface area (Å²) in [5, 5.41) is 14.0. The molecule has 0 atom stereocenters. The molecule has 22 heavy (non-hydrogen) atoms. The molecule has 0 fully saturated rings. The molecule has 6 nitrogen and oxygen atoms in total. The van der Waals surface area contributed by atoms with E-state index in [1.54, 1.807) is 0 Å². The van der Waals surface area contributed by atoms with Crippen molar-refractivity contribution in [3.8, 4) is 5.88 Å². The number of aromatic nitrogens is 2. The van der Waals surface area contributed by atoms with Crippen molar-refractivity contribution < 1.29 is 18.3 Å².